The van der Waals surface area contributed by atoms with E-state index in [4.69, 9.17) is 20.9 Å². The minimum atomic E-state index is -4.00. The number of nitrogen functional groups attached to an aromatic ring is 2. The second-order valence-electron chi connectivity index (χ2n) is 10.2. The third-order valence-electron chi connectivity index (χ3n) is 7.25. The van der Waals surface area contributed by atoms with E-state index in [-0.39, 0.29) is 35.7 Å². The lowest BCUT2D eigenvalue weighted by molar-refractivity contribution is 0.0641. The van der Waals surface area contributed by atoms with Crippen LogP contribution in [0.4, 0.5) is 16.2 Å². The number of aliphatic hydroxyl groups is 1. The number of alkyl carbamates (subject to hydrolysis) is 1. The van der Waals surface area contributed by atoms with Gasteiger partial charge in [-0.2, -0.15) is 4.31 Å². The summed E-state index contributed by atoms with van der Waals surface area (Å²) in [6, 6.07) is 12.9. The van der Waals surface area contributed by atoms with Gasteiger partial charge in [0.25, 0.3) is 0 Å². The first kappa shape index (κ1) is 28.2. The fraction of sp³-hybridized carbons (Fsp3) is 0.519. The Kier molecular flexibility index (Phi) is 9.48. The van der Waals surface area contributed by atoms with Gasteiger partial charge in [-0.25, -0.2) is 13.2 Å². The third kappa shape index (κ3) is 7.37. The molecule has 11 heteroatoms. The molecule has 0 aromatic heterocycles. The summed E-state index contributed by atoms with van der Waals surface area (Å²) in [7, 11) is -4.00. The van der Waals surface area contributed by atoms with Crippen LogP contribution in [0, 0.1) is 5.92 Å². The van der Waals surface area contributed by atoms with Crippen molar-refractivity contribution in [3.63, 3.8) is 0 Å². The Morgan fingerprint density at radius 1 is 1.11 bits per heavy atom. The van der Waals surface area contributed by atoms with Gasteiger partial charge in [0.2, 0.25) is 10.0 Å². The van der Waals surface area contributed by atoms with Crippen molar-refractivity contribution in [2.24, 2.45) is 5.92 Å². The van der Waals surface area contributed by atoms with Gasteiger partial charge in [0.05, 0.1) is 41.6 Å². The predicted octanol–water partition coefficient (Wildman–Crippen LogP) is 2.52. The van der Waals surface area contributed by atoms with Gasteiger partial charge in [-0.15, -0.1) is 0 Å². The van der Waals surface area contributed by atoms with Gasteiger partial charge in [0.15, 0.2) is 0 Å². The summed E-state index contributed by atoms with van der Waals surface area (Å²) in [5.41, 5.74) is 13.1. The van der Waals surface area contributed by atoms with Gasteiger partial charge < -0.3 is 31.4 Å². The molecule has 38 heavy (non-hydrogen) atoms. The van der Waals surface area contributed by atoms with E-state index in [0.717, 1.165) is 31.2 Å². The Morgan fingerprint density at radius 3 is 2.50 bits per heavy atom. The van der Waals surface area contributed by atoms with Crippen molar-refractivity contribution in [3.05, 3.63) is 54.1 Å². The van der Waals surface area contributed by atoms with E-state index in [0.29, 0.717) is 31.7 Å². The molecule has 1 aliphatic heterocycles. The number of aliphatic hydroxyl groups excluding tert-OH is 1. The lowest BCUT2D eigenvalue weighted by Crippen LogP contribution is -2.51. The number of amides is 1. The molecule has 0 bridgehead atoms. The summed E-state index contributed by atoms with van der Waals surface area (Å²) in [5.74, 6) is 0.191. The van der Waals surface area contributed by atoms with Crippen molar-refractivity contribution >= 4 is 27.5 Å². The molecule has 0 spiro atoms. The summed E-state index contributed by atoms with van der Waals surface area (Å²) in [5, 5.41) is 14.2. The third-order valence-corrected chi connectivity index (χ3v) is 9.08. The molecular weight excluding hydrogens is 508 g/mol. The van der Waals surface area contributed by atoms with Gasteiger partial charge in [-0.05, 0) is 48.9 Å². The zero-order chi connectivity index (χ0) is 27.1. The van der Waals surface area contributed by atoms with Crippen molar-refractivity contribution in [2.45, 2.75) is 61.7 Å². The van der Waals surface area contributed by atoms with Crippen LogP contribution in [0.3, 0.4) is 0 Å². The number of nitrogens with one attached hydrogen (secondary N) is 1. The summed E-state index contributed by atoms with van der Waals surface area (Å²) >= 11 is 0. The maximum absolute atomic E-state index is 13.7. The van der Waals surface area contributed by atoms with Crippen LogP contribution in [0.2, 0.25) is 0 Å². The number of sulfonamides is 1. The highest BCUT2D eigenvalue weighted by Gasteiger charge is 2.34. The van der Waals surface area contributed by atoms with Gasteiger partial charge >= 0.3 is 6.09 Å². The number of nitrogens with zero attached hydrogens (tertiary/aromatic N) is 1. The number of ether oxygens (including phenoxy) is 2. The molecule has 208 valence electrons. The van der Waals surface area contributed by atoms with Gasteiger partial charge in [0, 0.05) is 19.5 Å². The molecule has 2 aromatic carbocycles. The number of rotatable bonds is 11. The number of carbonyl (C=O) groups excluding carboxylic acids is 1. The van der Waals surface area contributed by atoms with Crippen LogP contribution < -0.4 is 16.8 Å². The number of anilines is 2. The van der Waals surface area contributed by atoms with Crippen LogP contribution in [0.1, 0.15) is 37.7 Å². The molecule has 1 aliphatic carbocycles. The Labute approximate surface area is 224 Å². The monoisotopic (exact) mass is 546 g/mol. The van der Waals surface area contributed by atoms with Gasteiger partial charge in [-0.3, -0.25) is 0 Å². The molecule has 0 radical (unpaired) electrons. The zero-order valence-electron chi connectivity index (χ0n) is 21.5. The molecule has 1 heterocycles. The number of nitrogens with two attached hydrogens (primary N) is 2. The number of carbonyl (C=O) groups is 1. The summed E-state index contributed by atoms with van der Waals surface area (Å²) in [4.78, 5) is 12.7. The van der Waals surface area contributed by atoms with Crippen molar-refractivity contribution in [1.82, 2.24) is 9.62 Å². The first-order valence-corrected chi connectivity index (χ1v) is 14.6. The molecular formula is C27H38N4O6S. The zero-order valence-corrected chi connectivity index (χ0v) is 22.3. The van der Waals surface area contributed by atoms with E-state index >= 15 is 0 Å². The molecule has 1 amide bonds. The molecule has 6 N–H and O–H groups in total. The van der Waals surface area contributed by atoms with E-state index in [1.807, 2.05) is 30.3 Å². The lowest BCUT2D eigenvalue weighted by atomic mass is 10.0. The Balaban J connectivity index is 1.55. The molecule has 2 aromatic rings. The fourth-order valence-corrected chi connectivity index (χ4v) is 6.61. The normalized spacial score (nSPS) is 19.9. The van der Waals surface area contributed by atoms with Crippen LogP contribution in [-0.4, -0.2) is 68.5 Å². The smallest absolute Gasteiger partial charge is 0.407 e. The quantitative estimate of drug-likeness (QED) is 0.313. The Morgan fingerprint density at radius 2 is 1.84 bits per heavy atom. The fourth-order valence-electron chi connectivity index (χ4n) is 5.04. The Bertz CT molecular complexity index is 1170. The highest BCUT2D eigenvalue weighted by molar-refractivity contribution is 7.89. The largest absolute Gasteiger partial charge is 0.444 e. The molecule has 1 saturated carbocycles. The first-order chi connectivity index (χ1) is 18.2. The van der Waals surface area contributed by atoms with Crippen LogP contribution >= 0.6 is 0 Å². The number of hydrogen-bond donors (Lipinski definition) is 4. The minimum Gasteiger partial charge on any atom is -0.444 e. The highest BCUT2D eigenvalue weighted by Crippen LogP contribution is 2.29. The van der Waals surface area contributed by atoms with E-state index in [1.165, 1.54) is 22.5 Å². The molecule has 1 saturated heterocycles. The number of hydrogen-bond acceptors (Lipinski definition) is 8. The van der Waals surface area contributed by atoms with Crippen LogP contribution in [0.15, 0.2) is 53.4 Å². The topological polar surface area (TPSA) is 157 Å². The summed E-state index contributed by atoms with van der Waals surface area (Å²) < 4.78 is 39.5. The molecule has 4 rings (SSSR count). The van der Waals surface area contributed by atoms with E-state index in [9.17, 15) is 18.3 Å². The van der Waals surface area contributed by atoms with Crippen molar-refractivity contribution in [1.29, 1.82) is 0 Å². The average Bonchev–Trinajstić information content (AvgIpc) is 3.60. The van der Waals surface area contributed by atoms with Crippen LogP contribution in [0.5, 0.6) is 0 Å². The van der Waals surface area contributed by atoms with Crippen molar-refractivity contribution < 1.29 is 27.8 Å². The van der Waals surface area contributed by atoms with Crippen molar-refractivity contribution in [2.75, 3.05) is 37.8 Å². The second-order valence-corrected chi connectivity index (χ2v) is 12.1. The maximum atomic E-state index is 13.7. The number of benzene rings is 2. The average molecular weight is 547 g/mol. The van der Waals surface area contributed by atoms with E-state index in [2.05, 4.69) is 5.32 Å². The first-order valence-electron chi connectivity index (χ1n) is 13.1. The molecule has 10 nitrogen and oxygen atoms in total. The Hall–Kier alpha value is -2.86. The van der Waals surface area contributed by atoms with Gasteiger partial charge in [0.1, 0.15) is 6.10 Å². The lowest BCUT2D eigenvalue weighted by Gasteiger charge is -2.31. The standard InChI is InChI=1S/C27H38N4O6S/c28-23-11-10-22(15-24(23)29)38(34,35)31(16-20-8-4-5-9-20)17-26(32)25(14-19-6-2-1-3-7-19)30-27(33)37-21-12-13-36-18-21/h1-3,6-7,10-11,15,20-21,25-26,32H,4-5,8-9,12-14,16-18,28-29H2,(H,30,33)/t21-,25-,26+/m0/s1. The van der Waals surface area contributed by atoms with Crippen LogP contribution in [0.25, 0.3) is 0 Å². The molecule has 3 atom stereocenters. The SMILES string of the molecule is Nc1ccc(S(=O)(=O)N(CC2CCCC2)C[C@@H](O)[C@H](Cc2ccccc2)NC(=O)O[C@H]2CCOC2)cc1N. The highest BCUT2D eigenvalue weighted by atomic mass is 32.2. The van der Waals surface area contributed by atoms with Crippen LogP contribution in [-0.2, 0) is 25.9 Å². The maximum Gasteiger partial charge on any atom is 0.407 e. The second kappa shape index (κ2) is 12.8. The predicted molar refractivity (Wildman–Crippen MR) is 145 cm³/mol. The molecule has 2 fully saturated rings. The van der Waals surface area contributed by atoms with Crippen molar-refractivity contribution in [3.8, 4) is 0 Å². The minimum absolute atomic E-state index is 0.0163. The molecule has 2 aliphatic rings. The van der Waals surface area contributed by atoms with E-state index in [1.54, 1.807) is 0 Å². The summed E-state index contributed by atoms with van der Waals surface area (Å²) in [6.45, 7) is 0.925. The van der Waals surface area contributed by atoms with E-state index < -0.39 is 28.3 Å². The molecule has 0 unspecified atom stereocenters. The summed E-state index contributed by atoms with van der Waals surface area (Å²) in [6.07, 6.45) is 2.62. The van der Waals surface area contributed by atoms with Gasteiger partial charge in [-0.1, -0.05) is 43.2 Å².